The van der Waals surface area contributed by atoms with Crippen LogP contribution in [0.2, 0.25) is 0 Å². The molecule has 0 saturated carbocycles. The van der Waals surface area contributed by atoms with Gasteiger partial charge in [-0.05, 0) is 70.2 Å². The number of rotatable bonds is 4. The van der Waals surface area contributed by atoms with Gasteiger partial charge in [-0.15, -0.1) is 0 Å². The molecule has 3 unspecified atom stereocenters. The van der Waals surface area contributed by atoms with E-state index >= 15 is 0 Å². The van der Waals surface area contributed by atoms with Crippen LogP contribution >= 0.6 is 0 Å². The quantitative estimate of drug-likeness (QED) is 0.513. The van der Waals surface area contributed by atoms with E-state index in [0.717, 1.165) is 0 Å². The second-order valence-corrected chi connectivity index (χ2v) is 10.5. The molecule has 37 heavy (non-hydrogen) atoms. The van der Waals surface area contributed by atoms with E-state index in [1.165, 1.54) is 63.5 Å². The largest absolute Gasteiger partial charge is 0.455 e. The molecule has 1 aromatic heterocycles. The molecule has 3 aromatic rings. The Morgan fingerprint density at radius 3 is 2.41 bits per heavy atom. The highest BCUT2D eigenvalue weighted by Gasteiger charge is 2.31. The Hall–Kier alpha value is -3.08. The summed E-state index contributed by atoms with van der Waals surface area (Å²) in [6, 6.07) is 9.14. The number of halogens is 1. The fourth-order valence-corrected chi connectivity index (χ4v) is 5.47. The molecule has 0 aliphatic carbocycles. The molecule has 3 heterocycles. The third-order valence-corrected chi connectivity index (χ3v) is 7.59. The summed E-state index contributed by atoms with van der Waals surface area (Å²) < 4.78 is 39.3. The maximum absolute atomic E-state index is 13.4. The van der Waals surface area contributed by atoms with Crippen LogP contribution in [0.15, 0.2) is 40.8 Å². The van der Waals surface area contributed by atoms with Crippen LogP contribution in [-0.2, 0) is 20.5 Å². The van der Waals surface area contributed by atoms with E-state index in [1.54, 1.807) is 23.4 Å². The van der Waals surface area contributed by atoms with Gasteiger partial charge in [0.15, 0.2) is 6.29 Å². The van der Waals surface area contributed by atoms with E-state index < -0.39 is 29.0 Å². The van der Waals surface area contributed by atoms with Crippen molar-refractivity contribution >= 4 is 39.8 Å². The van der Waals surface area contributed by atoms with Gasteiger partial charge in [-0.2, -0.15) is 0 Å². The summed E-state index contributed by atoms with van der Waals surface area (Å²) in [6.45, 7) is 4.56. The minimum absolute atomic E-state index is 0.128. The van der Waals surface area contributed by atoms with Gasteiger partial charge in [0.05, 0.1) is 23.9 Å². The van der Waals surface area contributed by atoms with Gasteiger partial charge >= 0.3 is 0 Å². The number of hydrogen-bond acceptors (Lipinski definition) is 6. The van der Waals surface area contributed by atoms with E-state index in [9.17, 15) is 18.2 Å². The van der Waals surface area contributed by atoms with E-state index in [4.69, 9.17) is 9.15 Å². The van der Waals surface area contributed by atoms with Crippen molar-refractivity contribution in [2.75, 3.05) is 44.3 Å². The highest BCUT2D eigenvalue weighted by atomic mass is 32.2. The molecule has 3 atom stereocenters. The fraction of sp³-hybridized carbons (Fsp3) is 0.407. The molecule has 1 saturated heterocycles. The highest BCUT2D eigenvalue weighted by molar-refractivity contribution is 7.85. The number of ether oxygens (including phenoxy) is 1. The molecular formula is C27H32FN3O5S. The number of amides is 1. The van der Waals surface area contributed by atoms with Crippen LogP contribution in [0, 0.1) is 5.82 Å². The van der Waals surface area contributed by atoms with Gasteiger partial charge in [-0.25, -0.2) is 8.60 Å². The number of nitrogens with zero attached hydrogens (tertiary/aromatic N) is 2. The Morgan fingerprint density at radius 1 is 1.19 bits per heavy atom. The predicted octanol–water partition coefficient (Wildman–Crippen LogP) is 4.07. The summed E-state index contributed by atoms with van der Waals surface area (Å²) in [5.74, 6) is -0.454. The number of aldehydes is 1. The standard InChI is InChI=1S/C22H21FN2O5S.C5H11N/c1-12-16-8-17-19(9-18(16)25(31(3)28)10-15(11-26)29-12)30-21(20(17)22(27)24-2)13-4-6-14(23)7-5-13;1-6-4-2-3-5-6/h4-9,11-12,15H,10H2,1-3H3,(H,24,27);2-5H2,1H3. The molecule has 0 spiro atoms. The minimum atomic E-state index is -1.42. The minimum Gasteiger partial charge on any atom is -0.455 e. The Kier molecular flexibility index (Phi) is 8.41. The molecule has 0 bridgehead atoms. The molecule has 2 aliphatic heterocycles. The van der Waals surface area contributed by atoms with Crippen molar-refractivity contribution in [2.24, 2.45) is 0 Å². The zero-order chi connectivity index (χ0) is 26.7. The van der Waals surface area contributed by atoms with Gasteiger partial charge in [0.1, 0.15) is 34.3 Å². The molecule has 2 aromatic carbocycles. The number of nitrogens with one attached hydrogen (secondary N) is 1. The topological polar surface area (TPSA) is 92.1 Å². The number of furan rings is 1. The molecule has 0 radical (unpaired) electrons. The van der Waals surface area contributed by atoms with E-state index in [0.29, 0.717) is 45.4 Å². The van der Waals surface area contributed by atoms with Crippen molar-refractivity contribution in [1.29, 1.82) is 0 Å². The average molecular weight is 530 g/mol. The summed E-state index contributed by atoms with van der Waals surface area (Å²) in [5, 5.41) is 3.16. The number of hydrogen-bond donors (Lipinski definition) is 1. The smallest absolute Gasteiger partial charge is 0.255 e. The van der Waals surface area contributed by atoms with Gasteiger partial charge in [0.25, 0.3) is 5.91 Å². The van der Waals surface area contributed by atoms with E-state index in [2.05, 4.69) is 17.3 Å². The number of carbonyl (C=O) groups excluding carboxylic acids is 2. The Balaban J connectivity index is 0.000000469. The van der Waals surface area contributed by atoms with Crippen LogP contribution in [0.25, 0.3) is 22.3 Å². The first-order valence-corrected chi connectivity index (χ1v) is 13.7. The van der Waals surface area contributed by atoms with Crippen molar-refractivity contribution in [3.8, 4) is 11.3 Å². The Bertz CT molecular complexity index is 1300. The Morgan fingerprint density at radius 2 is 1.86 bits per heavy atom. The number of carbonyl (C=O) groups is 2. The summed E-state index contributed by atoms with van der Waals surface area (Å²) >= 11 is 0. The molecule has 5 rings (SSSR count). The normalized spacial score (nSPS) is 20.5. The fourth-order valence-electron chi connectivity index (χ4n) is 4.68. The van der Waals surface area contributed by atoms with Crippen molar-refractivity contribution in [3.63, 3.8) is 0 Å². The third kappa shape index (κ3) is 5.76. The van der Waals surface area contributed by atoms with E-state index in [-0.39, 0.29) is 12.5 Å². The van der Waals surface area contributed by atoms with Gasteiger partial charge in [-0.3, -0.25) is 9.10 Å². The molecule has 2 aliphatic rings. The average Bonchev–Trinajstić information content (AvgIpc) is 3.48. The number of benzene rings is 2. The first-order chi connectivity index (χ1) is 17.7. The zero-order valence-electron chi connectivity index (χ0n) is 21.5. The number of fused-ring (bicyclic) bond motifs is 2. The maximum Gasteiger partial charge on any atom is 0.255 e. The summed E-state index contributed by atoms with van der Waals surface area (Å²) in [6.07, 6.45) is 3.81. The van der Waals surface area contributed by atoms with Gasteiger partial charge < -0.3 is 24.2 Å². The second-order valence-electron chi connectivity index (χ2n) is 9.25. The lowest BCUT2D eigenvalue weighted by Crippen LogP contribution is -2.34. The van der Waals surface area contributed by atoms with Crippen LogP contribution in [-0.4, -0.2) is 67.4 Å². The lowest BCUT2D eigenvalue weighted by atomic mass is 10.0. The molecular weight excluding hydrogens is 497 g/mol. The van der Waals surface area contributed by atoms with Crippen molar-refractivity contribution in [2.45, 2.75) is 32.0 Å². The SMILES string of the molecule is CN1CCCC1.CNC(=O)c1c(-c2ccc(F)cc2)oc2cc3c(cc12)C(C)OC(C=O)CN3S(C)=O. The molecule has 1 amide bonds. The van der Waals surface area contributed by atoms with Crippen molar-refractivity contribution < 1.29 is 27.3 Å². The van der Waals surface area contributed by atoms with Crippen molar-refractivity contribution in [1.82, 2.24) is 10.2 Å². The molecule has 1 N–H and O–H groups in total. The first kappa shape index (κ1) is 27.0. The number of anilines is 1. The van der Waals surface area contributed by atoms with Crippen LogP contribution in [0.5, 0.6) is 0 Å². The van der Waals surface area contributed by atoms with Gasteiger partial charge in [-0.1, -0.05) is 0 Å². The molecule has 1 fully saturated rings. The molecule has 198 valence electrons. The van der Waals surface area contributed by atoms with Crippen LogP contribution in [0.4, 0.5) is 10.1 Å². The Labute approximate surface area is 218 Å². The van der Waals surface area contributed by atoms with E-state index in [1.807, 2.05) is 0 Å². The predicted molar refractivity (Wildman–Crippen MR) is 142 cm³/mol. The van der Waals surface area contributed by atoms with Gasteiger partial charge in [0, 0.05) is 35.9 Å². The zero-order valence-corrected chi connectivity index (χ0v) is 22.3. The van der Waals surface area contributed by atoms with Gasteiger partial charge in [0.2, 0.25) is 0 Å². The summed E-state index contributed by atoms with van der Waals surface area (Å²) in [5.41, 5.74) is 2.55. The lowest BCUT2D eigenvalue weighted by molar-refractivity contribution is -0.120. The molecule has 10 heteroatoms. The summed E-state index contributed by atoms with van der Waals surface area (Å²) in [4.78, 5) is 26.5. The molecule has 8 nitrogen and oxygen atoms in total. The maximum atomic E-state index is 13.4. The second kappa shape index (κ2) is 11.5. The highest BCUT2D eigenvalue weighted by Crippen LogP contribution is 2.41. The van der Waals surface area contributed by atoms with Crippen LogP contribution < -0.4 is 9.62 Å². The number of likely N-dealkylation sites (tertiary alicyclic amines) is 1. The first-order valence-electron chi connectivity index (χ1n) is 12.2. The summed E-state index contributed by atoms with van der Waals surface area (Å²) in [7, 11) is 2.27. The third-order valence-electron chi connectivity index (χ3n) is 6.62. The monoisotopic (exact) mass is 529 g/mol. The van der Waals surface area contributed by atoms with Crippen molar-refractivity contribution in [3.05, 3.63) is 53.3 Å². The van der Waals surface area contributed by atoms with Crippen LogP contribution in [0.3, 0.4) is 0 Å². The lowest BCUT2D eigenvalue weighted by Gasteiger charge is -2.22. The van der Waals surface area contributed by atoms with Crippen LogP contribution in [0.1, 0.15) is 41.8 Å².